The van der Waals surface area contributed by atoms with E-state index in [0.29, 0.717) is 17.4 Å². The van der Waals surface area contributed by atoms with Gasteiger partial charge in [0.05, 0.1) is 11.7 Å². The van der Waals surface area contributed by atoms with Gasteiger partial charge in [0, 0.05) is 18.9 Å². The van der Waals surface area contributed by atoms with Crippen LogP contribution in [0.5, 0.6) is 0 Å². The highest BCUT2D eigenvalue weighted by molar-refractivity contribution is 5.92. The summed E-state index contributed by atoms with van der Waals surface area (Å²) in [7, 11) is 1.78. The van der Waals surface area contributed by atoms with Gasteiger partial charge in [-0.2, -0.15) is 0 Å². The Balaban J connectivity index is 2.24. The lowest BCUT2D eigenvalue weighted by atomic mass is 10.1. The first-order valence-electron chi connectivity index (χ1n) is 7.91. The predicted molar refractivity (Wildman–Crippen MR) is 90.1 cm³/mol. The van der Waals surface area contributed by atoms with Crippen molar-refractivity contribution in [3.63, 3.8) is 0 Å². The molecule has 0 aliphatic carbocycles. The first-order chi connectivity index (χ1) is 10.9. The second-order valence-corrected chi connectivity index (χ2v) is 6.24. The van der Waals surface area contributed by atoms with Crippen LogP contribution in [-0.4, -0.2) is 32.8 Å². The highest BCUT2D eigenvalue weighted by Crippen LogP contribution is 2.18. The molecule has 5 nitrogen and oxygen atoms in total. The number of amides is 1. The molecule has 0 aromatic carbocycles. The van der Waals surface area contributed by atoms with Gasteiger partial charge in [0.2, 0.25) is 0 Å². The standard InChI is InChI=1S/C18H24N4O/c1-12(2)10-15-11-17(21-14(4)20-15)18(23)22(5)13(3)16-8-6-7-9-19-16/h6-9,11-13H,10H2,1-5H3/t13-/m1/s1. The topological polar surface area (TPSA) is 59.0 Å². The van der Waals surface area contributed by atoms with Crippen molar-refractivity contribution in [2.45, 2.75) is 40.2 Å². The number of aryl methyl sites for hydroxylation is 1. The van der Waals surface area contributed by atoms with E-state index >= 15 is 0 Å². The van der Waals surface area contributed by atoms with Crippen LogP contribution in [0, 0.1) is 12.8 Å². The van der Waals surface area contributed by atoms with Crippen LogP contribution in [-0.2, 0) is 6.42 Å². The van der Waals surface area contributed by atoms with Gasteiger partial charge in [-0.15, -0.1) is 0 Å². The zero-order valence-electron chi connectivity index (χ0n) is 14.4. The average molecular weight is 312 g/mol. The molecule has 2 rings (SSSR count). The van der Waals surface area contributed by atoms with E-state index in [0.717, 1.165) is 17.8 Å². The number of carbonyl (C=O) groups excluding carboxylic acids is 1. The minimum atomic E-state index is -0.118. The lowest BCUT2D eigenvalue weighted by Crippen LogP contribution is -2.31. The molecule has 0 saturated heterocycles. The number of nitrogens with zero attached hydrogens (tertiary/aromatic N) is 4. The third-order valence-electron chi connectivity index (χ3n) is 3.74. The molecule has 5 heteroatoms. The normalized spacial score (nSPS) is 12.3. The van der Waals surface area contributed by atoms with Gasteiger partial charge in [-0.25, -0.2) is 9.97 Å². The fraction of sp³-hybridized carbons (Fsp3) is 0.444. The quantitative estimate of drug-likeness (QED) is 0.850. The molecular weight excluding hydrogens is 288 g/mol. The maximum atomic E-state index is 12.8. The van der Waals surface area contributed by atoms with E-state index < -0.39 is 0 Å². The lowest BCUT2D eigenvalue weighted by molar-refractivity contribution is 0.0733. The van der Waals surface area contributed by atoms with Crippen molar-refractivity contribution in [2.75, 3.05) is 7.05 Å². The highest BCUT2D eigenvalue weighted by Gasteiger charge is 2.21. The van der Waals surface area contributed by atoms with Crippen molar-refractivity contribution < 1.29 is 4.79 Å². The third-order valence-corrected chi connectivity index (χ3v) is 3.74. The van der Waals surface area contributed by atoms with Crippen molar-refractivity contribution in [2.24, 2.45) is 5.92 Å². The molecule has 23 heavy (non-hydrogen) atoms. The predicted octanol–water partition coefficient (Wildman–Crippen LogP) is 3.21. The molecule has 122 valence electrons. The van der Waals surface area contributed by atoms with E-state index in [1.165, 1.54) is 0 Å². The summed E-state index contributed by atoms with van der Waals surface area (Å²) in [6.45, 7) is 8.05. The number of hydrogen-bond donors (Lipinski definition) is 0. The zero-order valence-corrected chi connectivity index (χ0v) is 14.4. The molecular formula is C18H24N4O. The van der Waals surface area contributed by atoms with Crippen LogP contribution in [0.1, 0.15) is 54.5 Å². The Morgan fingerprint density at radius 1 is 1.22 bits per heavy atom. The number of hydrogen-bond acceptors (Lipinski definition) is 4. The smallest absolute Gasteiger partial charge is 0.272 e. The van der Waals surface area contributed by atoms with Crippen LogP contribution < -0.4 is 0 Å². The molecule has 0 fully saturated rings. The van der Waals surface area contributed by atoms with Gasteiger partial charge in [0.15, 0.2) is 0 Å². The fourth-order valence-corrected chi connectivity index (χ4v) is 2.44. The summed E-state index contributed by atoms with van der Waals surface area (Å²) < 4.78 is 0. The minimum absolute atomic E-state index is 0.112. The van der Waals surface area contributed by atoms with E-state index in [1.54, 1.807) is 24.2 Å². The van der Waals surface area contributed by atoms with Gasteiger partial charge in [-0.3, -0.25) is 9.78 Å². The number of pyridine rings is 1. The fourth-order valence-electron chi connectivity index (χ4n) is 2.44. The van der Waals surface area contributed by atoms with E-state index in [4.69, 9.17) is 0 Å². The molecule has 1 amide bonds. The maximum absolute atomic E-state index is 12.8. The third kappa shape index (κ3) is 4.34. The lowest BCUT2D eigenvalue weighted by Gasteiger charge is -2.24. The van der Waals surface area contributed by atoms with Gasteiger partial charge < -0.3 is 4.90 Å². The van der Waals surface area contributed by atoms with Crippen molar-refractivity contribution >= 4 is 5.91 Å². The summed E-state index contributed by atoms with van der Waals surface area (Å²) in [5.74, 6) is 1.00. The molecule has 0 unspecified atom stereocenters. The van der Waals surface area contributed by atoms with Crippen LogP contribution in [0.2, 0.25) is 0 Å². The van der Waals surface area contributed by atoms with Gasteiger partial charge in [-0.1, -0.05) is 19.9 Å². The molecule has 1 atom stereocenters. The molecule has 2 aromatic heterocycles. The van der Waals surface area contributed by atoms with Crippen molar-refractivity contribution in [1.29, 1.82) is 0 Å². The SMILES string of the molecule is Cc1nc(CC(C)C)cc(C(=O)N(C)[C@H](C)c2ccccn2)n1. The molecule has 2 aromatic rings. The molecule has 0 N–H and O–H groups in total. The number of aromatic nitrogens is 3. The molecule has 0 bridgehead atoms. The summed E-state index contributed by atoms with van der Waals surface area (Å²) in [5.41, 5.74) is 2.21. The van der Waals surface area contributed by atoms with Crippen molar-refractivity contribution in [3.05, 3.63) is 53.4 Å². The number of carbonyl (C=O) groups is 1. The molecule has 0 radical (unpaired) electrons. The Kier molecular flexibility index (Phi) is 5.42. The molecule has 0 aliphatic rings. The second-order valence-electron chi connectivity index (χ2n) is 6.24. The van der Waals surface area contributed by atoms with Gasteiger partial charge in [0.1, 0.15) is 11.5 Å². The Bertz CT molecular complexity index is 670. The first kappa shape index (κ1) is 17.1. The summed E-state index contributed by atoms with van der Waals surface area (Å²) in [5, 5.41) is 0. The Morgan fingerprint density at radius 2 is 1.96 bits per heavy atom. The number of rotatable bonds is 5. The minimum Gasteiger partial charge on any atom is -0.332 e. The monoisotopic (exact) mass is 312 g/mol. The van der Waals surface area contributed by atoms with Gasteiger partial charge in [-0.05, 0) is 44.4 Å². The van der Waals surface area contributed by atoms with E-state index in [2.05, 4.69) is 28.8 Å². The van der Waals surface area contributed by atoms with Crippen LogP contribution in [0.25, 0.3) is 0 Å². The summed E-state index contributed by atoms with van der Waals surface area (Å²) >= 11 is 0. The second kappa shape index (κ2) is 7.31. The Hall–Kier alpha value is -2.30. The maximum Gasteiger partial charge on any atom is 0.272 e. The van der Waals surface area contributed by atoms with Crippen molar-refractivity contribution in [3.8, 4) is 0 Å². The van der Waals surface area contributed by atoms with Crippen molar-refractivity contribution in [1.82, 2.24) is 19.9 Å². The van der Waals surface area contributed by atoms with Crippen LogP contribution >= 0.6 is 0 Å². The molecule has 0 spiro atoms. The average Bonchev–Trinajstić information content (AvgIpc) is 2.52. The molecule has 2 heterocycles. The summed E-state index contributed by atoms with van der Waals surface area (Å²) in [6, 6.07) is 7.39. The summed E-state index contributed by atoms with van der Waals surface area (Å²) in [6.07, 6.45) is 2.57. The largest absolute Gasteiger partial charge is 0.332 e. The van der Waals surface area contributed by atoms with Gasteiger partial charge >= 0.3 is 0 Å². The van der Waals surface area contributed by atoms with Crippen LogP contribution in [0.3, 0.4) is 0 Å². The van der Waals surface area contributed by atoms with E-state index in [1.807, 2.05) is 32.0 Å². The zero-order chi connectivity index (χ0) is 17.0. The Labute approximate surface area is 137 Å². The highest BCUT2D eigenvalue weighted by atomic mass is 16.2. The van der Waals surface area contributed by atoms with Crippen LogP contribution in [0.15, 0.2) is 30.5 Å². The van der Waals surface area contributed by atoms with Gasteiger partial charge in [0.25, 0.3) is 5.91 Å². The van der Waals surface area contributed by atoms with Crippen LogP contribution in [0.4, 0.5) is 0 Å². The first-order valence-corrected chi connectivity index (χ1v) is 7.91. The van der Waals surface area contributed by atoms with E-state index in [-0.39, 0.29) is 11.9 Å². The molecule has 0 saturated carbocycles. The Morgan fingerprint density at radius 3 is 2.57 bits per heavy atom. The molecule has 0 aliphatic heterocycles. The summed E-state index contributed by atoms with van der Waals surface area (Å²) in [4.78, 5) is 27.5. The van der Waals surface area contributed by atoms with E-state index in [9.17, 15) is 4.79 Å².